The van der Waals surface area contributed by atoms with Crippen LogP contribution in [-0.4, -0.2) is 52.9 Å². The fourth-order valence-electron chi connectivity index (χ4n) is 3.98. The summed E-state index contributed by atoms with van der Waals surface area (Å²) in [7, 11) is 1.75. The quantitative estimate of drug-likeness (QED) is 0.522. The molecule has 2 atom stereocenters. The van der Waals surface area contributed by atoms with E-state index in [1.807, 2.05) is 26.0 Å². The number of pyridine rings is 2. The average molecular weight is 454 g/mol. The third-order valence-electron chi connectivity index (χ3n) is 5.22. The first-order chi connectivity index (χ1) is 15.7. The van der Waals surface area contributed by atoms with Crippen molar-refractivity contribution in [2.45, 2.75) is 39.8 Å². The molecule has 4 heterocycles. The summed E-state index contributed by atoms with van der Waals surface area (Å²) < 4.78 is 15.0. The van der Waals surface area contributed by atoms with Gasteiger partial charge in [-0.2, -0.15) is 0 Å². The SMILES string of the molecule is C/C(N)=C/c1nc(C=O)ccc1N1CC(C)NC(C)C1.CNc1cc(F)c2nc(C)cn2c1. The highest BCUT2D eigenvalue weighted by Crippen LogP contribution is 2.23. The van der Waals surface area contributed by atoms with Gasteiger partial charge in [0.2, 0.25) is 0 Å². The van der Waals surface area contributed by atoms with Crippen LogP contribution in [0.5, 0.6) is 0 Å². The number of nitrogens with two attached hydrogens (primary N) is 1. The molecule has 0 spiro atoms. The van der Waals surface area contributed by atoms with Crippen molar-refractivity contribution in [2.75, 3.05) is 30.4 Å². The number of anilines is 2. The van der Waals surface area contributed by atoms with Crippen molar-refractivity contribution < 1.29 is 9.18 Å². The van der Waals surface area contributed by atoms with E-state index >= 15 is 0 Å². The van der Waals surface area contributed by atoms with Crippen molar-refractivity contribution >= 4 is 29.4 Å². The van der Waals surface area contributed by atoms with Crippen molar-refractivity contribution in [3.05, 3.63) is 59.2 Å². The lowest BCUT2D eigenvalue weighted by Crippen LogP contribution is -2.54. The summed E-state index contributed by atoms with van der Waals surface area (Å²) in [4.78, 5) is 21.6. The number of nitrogens with zero attached hydrogens (tertiary/aromatic N) is 4. The highest BCUT2D eigenvalue weighted by molar-refractivity contribution is 5.76. The topological polar surface area (TPSA) is 101 Å². The van der Waals surface area contributed by atoms with E-state index in [0.29, 0.717) is 29.1 Å². The van der Waals surface area contributed by atoms with Gasteiger partial charge in [-0.15, -0.1) is 0 Å². The van der Waals surface area contributed by atoms with Crippen LogP contribution in [-0.2, 0) is 0 Å². The van der Waals surface area contributed by atoms with Gasteiger partial charge >= 0.3 is 0 Å². The average Bonchev–Trinajstić information content (AvgIpc) is 3.13. The first kappa shape index (κ1) is 24.2. The minimum absolute atomic E-state index is 0.306. The molecule has 4 rings (SSSR count). The Labute approximate surface area is 193 Å². The normalized spacial score (nSPS) is 18.6. The number of aryl methyl sites for hydroxylation is 1. The zero-order valence-corrected chi connectivity index (χ0v) is 19.8. The number of aromatic nitrogens is 3. The summed E-state index contributed by atoms with van der Waals surface area (Å²) in [6.07, 6.45) is 6.17. The van der Waals surface area contributed by atoms with Crippen LogP contribution in [0.25, 0.3) is 11.7 Å². The van der Waals surface area contributed by atoms with E-state index < -0.39 is 0 Å². The number of fused-ring (bicyclic) bond motifs is 1. The number of allylic oxidation sites excluding steroid dienone is 1. The lowest BCUT2D eigenvalue weighted by Gasteiger charge is -2.38. The van der Waals surface area contributed by atoms with Gasteiger partial charge in [-0.3, -0.25) is 4.79 Å². The molecule has 0 radical (unpaired) electrons. The first-order valence-corrected chi connectivity index (χ1v) is 10.9. The highest BCUT2D eigenvalue weighted by atomic mass is 19.1. The van der Waals surface area contributed by atoms with Crippen molar-refractivity contribution in [1.82, 2.24) is 19.7 Å². The van der Waals surface area contributed by atoms with Gasteiger partial charge < -0.3 is 25.7 Å². The molecule has 8 nitrogen and oxygen atoms in total. The molecule has 1 saturated heterocycles. The van der Waals surface area contributed by atoms with Crippen LogP contribution in [0, 0.1) is 12.7 Å². The Morgan fingerprint density at radius 2 is 1.94 bits per heavy atom. The standard InChI is InChI=1S/C15H22N4O.C9H10FN3/c1-10(16)6-14-15(5-4-13(9-20)18-14)19-7-11(2)17-12(3)8-19;1-6-4-13-5-7(11-2)3-8(10)9(13)12-6/h4-6,9,11-12,17H,7-8,16H2,1-3H3;3-5,11H,1-2H3/b10-6-;. The first-order valence-electron chi connectivity index (χ1n) is 10.9. The van der Waals surface area contributed by atoms with Crippen molar-refractivity contribution in [3.63, 3.8) is 0 Å². The molecule has 1 aliphatic rings. The summed E-state index contributed by atoms with van der Waals surface area (Å²) in [5.41, 5.74) is 10.6. The van der Waals surface area contributed by atoms with Gasteiger partial charge in [-0.1, -0.05) is 0 Å². The fourth-order valence-corrected chi connectivity index (χ4v) is 3.98. The number of hydrogen-bond donors (Lipinski definition) is 3. The molecule has 9 heteroatoms. The smallest absolute Gasteiger partial charge is 0.173 e. The summed E-state index contributed by atoms with van der Waals surface area (Å²) in [6.45, 7) is 9.82. The van der Waals surface area contributed by atoms with Crippen LogP contribution >= 0.6 is 0 Å². The van der Waals surface area contributed by atoms with E-state index in [1.165, 1.54) is 6.07 Å². The molecule has 3 aromatic rings. The summed E-state index contributed by atoms with van der Waals surface area (Å²) >= 11 is 0. The fraction of sp³-hybridized carbons (Fsp3) is 0.375. The molecule has 1 fully saturated rings. The molecule has 0 amide bonds. The number of hydrogen-bond acceptors (Lipinski definition) is 7. The molecule has 4 N–H and O–H groups in total. The number of imidazole rings is 1. The van der Waals surface area contributed by atoms with E-state index in [1.54, 1.807) is 29.9 Å². The molecule has 0 bridgehead atoms. The number of halogens is 1. The van der Waals surface area contributed by atoms with Crippen LogP contribution in [0.2, 0.25) is 0 Å². The number of nitrogens with one attached hydrogen (secondary N) is 2. The maximum atomic E-state index is 13.3. The second kappa shape index (κ2) is 10.4. The second-order valence-electron chi connectivity index (χ2n) is 8.46. The molecular weight excluding hydrogens is 421 g/mol. The summed E-state index contributed by atoms with van der Waals surface area (Å²) in [5, 5.41) is 6.38. The highest BCUT2D eigenvalue weighted by Gasteiger charge is 2.23. The zero-order chi connectivity index (χ0) is 24.1. The minimum Gasteiger partial charge on any atom is -0.402 e. The molecule has 0 aliphatic carbocycles. The number of piperazine rings is 1. The van der Waals surface area contributed by atoms with E-state index in [0.717, 1.165) is 42.1 Å². The molecule has 2 unspecified atom stereocenters. The third-order valence-corrected chi connectivity index (χ3v) is 5.22. The Morgan fingerprint density at radius 1 is 1.24 bits per heavy atom. The van der Waals surface area contributed by atoms with Gasteiger partial charge in [0, 0.05) is 56.4 Å². The number of carbonyl (C=O) groups is 1. The van der Waals surface area contributed by atoms with E-state index in [9.17, 15) is 9.18 Å². The Morgan fingerprint density at radius 3 is 2.55 bits per heavy atom. The maximum Gasteiger partial charge on any atom is 0.173 e. The number of carbonyl (C=O) groups excluding carboxylic acids is 1. The van der Waals surface area contributed by atoms with Gasteiger partial charge in [0.1, 0.15) is 5.69 Å². The number of aldehydes is 1. The van der Waals surface area contributed by atoms with Crippen LogP contribution in [0.15, 0.2) is 36.3 Å². The van der Waals surface area contributed by atoms with Crippen LogP contribution < -0.4 is 21.3 Å². The Hall–Kier alpha value is -3.46. The molecule has 33 heavy (non-hydrogen) atoms. The predicted octanol–water partition coefficient (Wildman–Crippen LogP) is 3.22. The lowest BCUT2D eigenvalue weighted by atomic mass is 10.1. The van der Waals surface area contributed by atoms with E-state index in [-0.39, 0.29) is 5.82 Å². The summed E-state index contributed by atoms with van der Waals surface area (Å²) in [5.74, 6) is -0.306. The third kappa shape index (κ3) is 6.07. The number of rotatable bonds is 4. The molecule has 0 saturated carbocycles. The Balaban J connectivity index is 0.000000203. The summed E-state index contributed by atoms with van der Waals surface area (Å²) in [6, 6.07) is 5.97. The van der Waals surface area contributed by atoms with E-state index in [4.69, 9.17) is 5.73 Å². The maximum absolute atomic E-state index is 13.3. The van der Waals surface area contributed by atoms with Gasteiger partial charge in [-0.05, 0) is 45.9 Å². The minimum atomic E-state index is -0.306. The van der Waals surface area contributed by atoms with Crippen molar-refractivity contribution in [3.8, 4) is 0 Å². The van der Waals surface area contributed by atoms with Crippen molar-refractivity contribution in [2.24, 2.45) is 5.73 Å². The molecule has 0 aromatic carbocycles. The van der Waals surface area contributed by atoms with Crippen LogP contribution in [0.3, 0.4) is 0 Å². The lowest BCUT2D eigenvalue weighted by molar-refractivity contribution is 0.111. The predicted molar refractivity (Wildman–Crippen MR) is 131 cm³/mol. The monoisotopic (exact) mass is 453 g/mol. The van der Waals surface area contributed by atoms with Crippen molar-refractivity contribution in [1.29, 1.82) is 0 Å². The zero-order valence-electron chi connectivity index (χ0n) is 19.8. The van der Waals surface area contributed by atoms with E-state index in [2.05, 4.69) is 39.3 Å². The van der Waals surface area contributed by atoms with Gasteiger partial charge in [0.05, 0.1) is 22.8 Å². The second-order valence-corrected chi connectivity index (χ2v) is 8.46. The molecule has 3 aromatic heterocycles. The van der Waals surface area contributed by atoms with Gasteiger partial charge in [0.15, 0.2) is 17.8 Å². The largest absolute Gasteiger partial charge is 0.402 e. The Bertz CT molecular complexity index is 1140. The van der Waals surface area contributed by atoms with Gasteiger partial charge in [-0.25, -0.2) is 14.4 Å². The van der Waals surface area contributed by atoms with Gasteiger partial charge in [0.25, 0.3) is 0 Å². The van der Waals surface area contributed by atoms with Crippen LogP contribution in [0.4, 0.5) is 15.8 Å². The molecule has 1 aliphatic heterocycles. The molecule has 176 valence electrons. The molecular formula is C24H32FN7O. The Kier molecular flexibility index (Phi) is 7.65. The van der Waals surface area contributed by atoms with Crippen LogP contribution in [0.1, 0.15) is 42.6 Å².